The largest absolute Gasteiger partial charge is 0.343 e. The monoisotopic (exact) mass is 559 g/mol. The van der Waals surface area contributed by atoms with E-state index in [0.717, 1.165) is 64.4 Å². The summed E-state index contributed by atoms with van der Waals surface area (Å²) in [6, 6.07) is 16.1. The van der Waals surface area contributed by atoms with Crippen LogP contribution < -0.4 is 11.2 Å². The van der Waals surface area contributed by atoms with E-state index in [1.807, 2.05) is 52.8 Å². The summed E-state index contributed by atoms with van der Waals surface area (Å²) in [6.07, 6.45) is 4.32. The second-order valence-electron chi connectivity index (χ2n) is 10.7. The first-order valence-electron chi connectivity index (χ1n) is 14.0. The lowest BCUT2D eigenvalue weighted by molar-refractivity contribution is -0.132. The molecule has 2 aromatic carbocycles. The molecule has 1 aliphatic rings. The predicted octanol–water partition coefficient (Wildman–Crippen LogP) is 4.76. The number of nitrogens with one attached hydrogen (secondary N) is 1. The maximum Gasteiger partial charge on any atom is 0.326 e. The summed E-state index contributed by atoms with van der Waals surface area (Å²) in [4.78, 5) is 48.0. The highest BCUT2D eigenvalue weighted by Gasteiger charge is 2.25. The molecule has 1 N–H and O–H groups in total. The van der Waals surface area contributed by atoms with E-state index in [1.165, 1.54) is 5.56 Å². The number of hydrogen-bond acceptors (Lipinski definition) is 5. The van der Waals surface area contributed by atoms with Crippen molar-refractivity contribution < 1.29 is 4.79 Å². The predicted molar refractivity (Wildman–Crippen MR) is 160 cm³/mol. The first-order chi connectivity index (χ1) is 19.3. The van der Waals surface area contributed by atoms with Crippen LogP contribution in [-0.2, 0) is 18.3 Å². The average molecular weight is 560 g/mol. The molecular formula is C31H37N5O3S. The molecule has 0 atom stereocenters. The van der Waals surface area contributed by atoms with Gasteiger partial charge in [-0.15, -0.1) is 0 Å². The summed E-state index contributed by atoms with van der Waals surface area (Å²) in [5.41, 5.74) is 5.52. The molecule has 0 saturated carbocycles. The minimum atomic E-state index is -0.0772. The van der Waals surface area contributed by atoms with Crippen LogP contribution in [0.15, 0.2) is 63.3 Å². The Hall–Kier alpha value is -3.59. The lowest BCUT2D eigenvalue weighted by Crippen LogP contribution is -2.40. The van der Waals surface area contributed by atoms with E-state index in [1.54, 1.807) is 23.4 Å². The van der Waals surface area contributed by atoms with Crippen LogP contribution >= 0.6 is 11.8 Å². The molecule has 0 spiro atoms. The van der Waals surface area contributed by atoms with Crippen molar-refractivity contribution in [3.05, 3.63) is 91.8 Å². The zero-order valence-electron chi connectivity index (χ0n) is 23.5. The van der Waals surface area contributed by atoms with Crippen LogP contribution in [0.25, 0.3) is 11.0 Å². The highest BCUT2D eigenvalue weighted by atomic mass is 32.2. The van der Waals surface area contributed by atoms with Crippen molar-refractivity contribution in [3.8, 4) is 0 Å². The quantitative estimate of drug-likeness (QED) is 0.181. The van der Waals surface area contributed by atoms with Gasteiger partial charge in [0.25, 0.3) is 5.56 Å². The maximum absolute atomic E-state index is 13.1. The van der Waals surface area contributed by atoms with Crippen molar-refractivity contribution >= 4 is 28.7 Å². The number of rotatable bonds is 9. The van der Waals surface area contributed by atoms with Crippen molar-refractivity contribution in [2.45, 2.75) is 63.6 Å². The van der Waals surface area contributed by atoms with Gasteiger partial charge in [-0.3, -0.25) is 18.7 Å². The number of aryl methyl sites for hydroxylation is 2. The van der Waals surface area contributed by atoms with Crippen molar-refractivity contribution in [2.24, 2.45) is 7.05 Å². The fraction of sp³-hybridized carbons (Fsp3) is 0.419. The van der Waals surface area contributed by atoms with E-state index in [0.29, 0.717) is 25.9 Å². The molecule has 40 heavy (non-hydrogen) atoms. The molecule has 8 nitrogen and oxygen atoms in total. The topological polar surface area (TPSA) is 93.0 Å². The molecule has 4 aromatic rings. The number of unbranched alkanes of at least 4 members (excludes halogenated alkanes) is 1. The fourth-order valence-corrected chi connectivity index (χ4v) is 6.61. The van der Waals surface area contributed by atoms with Crippen LogP contribution in [0.2, 0.25) is 0 Å². The van der Waals surface area contributed by atoms with Gasteiger partial charge in [0.2, 0.25) is 5.91 Å². The van der Waals surface area contributed by atoms with E-state index >= 15 is 0 Å². The zero-order valence-corrected chi connectivity index (χ0v) is 24.3. The molecule has 1 aliphatic heterocycles. The Kier molecular flexibility index (Phi) is 8.59. The third-order valence-electron chi connectivity index (χ3n) is 7.84. The van der Waals surface area contributed by atoms with Crippen LogP contribution in [0.4, 0.5) is 0 Å². The Bertz CT molecular complexity index is 1630. The number of carbonyl (C=O) groups is 1. The normalized spacial score (nSPS) is 14.2. The molecule has 1 amide bonds. The molecule has 1 fully saturated rings. The number of benzene rings is 2. The summed E-state index contributed by atoms with van der Waals surface area (Å²) in [5.74, 6) is 0.979. The van der Waals surface area contributed by atoms with Crippen LogP contribution in [-0.4, -0.2) is 48.8 Å². The van der Waals surface area contributed by atoms with Crippen molar-refractivity contribution in [2.75, 3.05) is 18.8 Å². The number of piperidine rings is 1. The van der Waals surface area contributed by atoms with Gasteiger partial charge in [-0.05, 0) is 57.2 Å². The Balaban J connectivity index is 1.08. The highest BCUT2D eigenvalue weighted by Crippen LogP contribution is 2.25. The van der Waals surface area contributed by atoms with E-state index in [-0.39, 0.29) is 23.2 Å². The smallest absolute Gasteiger partial charge is 0.326 e. The molecule has 1 saturated heterocycles. The number of aromatic nitrogens is 4. The number of fused-ring (bicyclic) bond motifs is 1. The summed E-state index contributed by atoms with van der Waals surface area (Å²) in [6.45, 7) is 5.31. The number of hydrogen-bond donors (Lipinski definition) is 1. The second-order valence-corrected chi connectivity index (χ2v) is 11.8. The third-order valence-corrected chi connectivity index (χ3v) is 8.95. The molecule has 210 valence electrons. The van der Waals surface area contributed by atoms with Gasteiger partial charge in [0.1, 0.15) is 0 Å². The Morgan fingerprint density at radius 3 is 2.60 bits per heavy atom. The van der Waals surface area contributed by atoms with Gasteiger partial charge in [0.05, 0.1) is 11.0 Å². The number of imidazole rings is 1. The van der Waals surface area contributed by atoms with Crippen molar-refractivity contribution in [1.82, 2.24) is 24.0 Å². The number of thioether (sulfide) groups is 1. The highest BCUT2D eigenvalue weighted by molar-refractivity contribution is 7.99. The van der Waals surface area contributed by atoms with E-state index < -0.39 is 0 Å². The number of amides is 1. The fourth-order valence-electron chi connectivity index (χ4n) is 5.60. The molecule has 2 aromatic heterocycles. The number of likely N-dealkylation sites (tertiary alicyclic amines) is 1. The van der Waals surface area contributed by atoms with Gasteiger partial charge in [-0.2, -0.15) is 0 Å². The SMILES string of the molecule is Cc1cccc(Cc2c(C)nc(SCCCCC(=O)N3CCC(n4c(=O)[nH]c5ccccc54)CC3)n(C)c2=O)c1. The molecule has 0 aliphatic carbocycles. The minimum absolute atomic E-state index is 0.00462. The van der Waals surface area contributed by atoms with Crippen LogP contribution in [0.5, 0.6) is 0 Å². The second kappa shape index (κ2) is 12.3. The van der Waals surface area contributed by atoms with Gasteiger partial charge >= 0.3 is 5.69 Å². The van der Waals surface area contributed by atoms with Crippen LogP contribution in [0.3, 0.4) is 0 Å². The summed E-state index contributed by atoms with van der Waals surface area (Å²) in [5, 5.41) is 0.719. The molecule has 0 bridgehead atoms. The number of aromatic amines is 1. The lowest BCUT2D eigenvalue weighted by Gasteiger charge is -2.32. The number of nitrogens with zero attached hydrogens (tertiary/aromatic N) is 4. The van der Waals surface area contributed by atoms with E-state index in [2.05, 4.69) is 24.0 Å². The standard InChI is InChI=1S/C31H37N5O3S/c1-21-9-8-10-23(19-21)20-25-22(2)32-31(34(3)29(25)38)40-18-7-6-13-28(37)35-16-14-24(15-17-35)36-27-12-5-4-11-26(27)33-30(36)39/h4-5,8-12,19,24H,6-7,13-18,20H2,1-3H3,(H,33,39). The van der Waals surface area contributed by atoms with E-state index in [9.17, 15) is 14.4 Å². The first kappa shape index (κ1) is 28.0. The van der Waals surface area contributed by atoms with Gasteiger partial charge in [0.15, 0.2) is 5.16 Å². The Morgan fingerprint density at radius 1 is 1.05 bits per heavy atom. The zero-order chi connectivity index (χ0) is 28.2. The van der Waals surface area contributed by atoms with Gasteiger partial charge in [-0.25, -0.2) is 9.78 Å². The van der Waals surface area contributed by atoms with Gasteiger partial charge in [-0.1, -0.05) is 53.7 Å². The van der Waals surface area contributed by atoms with Crippen LogP contribution in [0, 0.1) is 13.8 Å². The van der Waals surface area contributed by atoms with E-state index in [4.69, 9.17) is 4.98 Å². The first-order valence-corrected chi connectivity index (χ1v) is 15.0. The number of carbonyl (C=O) groups excluding carboxylic acids is 1. The lowest BCUT2D eigenvalue weighted by atomic mass is 10.0. The summed E-state index contributed by atoms with van der Waals surface area (Å²) >= 11 is 1.57. The van der Waals surface area contributed by atoms with Crippen molar-refractivity contribution in [3.63, 3.8) is 0 Å². The summed E-state index contributed by atoms with van der Waals surface area (Å²) < 4.78 is 3.50. The number of para-hydroxylation sites is 2. The molecule has 5 rings (SSSR count). The van der Waals surface area contributed by atoms with Crippen molar-refractivity contribution in [1.29, 1.82) is 0 Å². The third kappa shape index (κ3) is 6.09. The average Bonchev–Trinajstić information content (AvgIpc) is 3.29. The Morgan fingerprint density at radius 2 is 1.82 bits per heavy atom. The minimum Gasteiger partial charge on any atom is -0.343 e. The molecule has 9 heteroatoms. The number of H-pyrrole nitrogens is 1. The van der Waals surface area contributed by atoms with Gasteiger partial charge in [0, 0.05) is 56.0 Å². The Labute approximate surface area is 238 Å². The molecular weight excluding hydrogens is 522 g/mol. The molecule has 3 heterocycles. The van der Waals surface area contributed by atoms with Gasteiger partial charge < -0.3 is 9.88 Å². The molecule has 0 radical (unpaired) electrons. The maximum atomic E-state index is 13.1. The van der Waals surface area contributed by atoms with Crippen LogP contribution in [0.1, 0.15) is 60.5 Å². The molecule has 0 unspecified atom stereocenters. The summed E-state index contributed by atoms with van der Waals surface area (Å²) in [7, 11) is 1.79.